The van der Waals surface area contributed by atoms with Crippen LogP contribution in [-0.4, -0.2) is 36.0 Å². The molecule has 126 valence electrons. The van der Waals surface area contributed by atoms with Gasteiger partial charge in [0.05, 0.1) is 5.54 Å². The third kappa shape index (κ3) is 3.90. The lowest BCUT2D eigenvalue weighted by Crippen LogP contribution is -2.52. The molecule has 1 amide bonds. The van der Waals surface area contributed by atoms with Crippen LogP contribution in [0.3, 0.4) is 0 Å². The van der Waals surface area contributed by atoms with Crippen LogP contribution in [-0.2, 0) is 11.3 Å². The van der Waals surface area contributed by atoms with Gasteiger partial charge in [-0.15, -0.1) is 0 Å². The van der Waals surface area contributed by atoms with Crippen molar-refractivity contribution in [3.63, 3.8) is 0 Å². The van der Waals surface area contributed by atoms with E-state index in [4.69, 9.17) is 5.73 Å². The van der Waals surface area contributed by atoms with Gasteiger partial charge in [0.2, 0.25) is 5.91 Å². The monoisotopic (exact) mass is 319 g/mol. The van der Waals surface area contributed by atoms with Crippen molar-refractivity contribution in [1.82, 2.24) is 10.2 Å². The molecule has 1 heterocycles. The molecule has 0 radical (unpaired) electrons. The zero-order valence-electron chi connectivity index (χ0n) is 13.6. The van der Waals surface area contributed by atoms with E-state index in [-0.39, 0.29) is 11.7 Å². The number of rotatable bonds is 5. The molecule has 1 saturated carbocycles. The maximum atomic E-state index is 13.7. The summed E-state index contributed by atoms with van der Waals surface area (Å²) in [5.41, 5.74) is 6.26. The summed E-state index contributed by atoms with van der Waals surface area (Å²) in [7, 11) is 0. The van der Waals surface area contributed by atoms with E-state index in [0.717, 1.165) is 50.8 Å². The van der Waals surface area contributed by atoms with Gasteiger partial charge in [0.1, 0.15) is 5.82 Å². The van der Waals surface area contributed by atoms with Crippen LogP contribution in [0, 0.1) is 11.7 Å². The van der Waals surface area contributed by atoms with Crippen molar-refractivity contribution < 1.29 is 9.18 Å². The number of amides is 1. The van der Waals surface area contributed by atoms with E-state index in [1.54, 1.807) is 6.07 Å². The molecule has 5 heteroatoms. The van der Waals surface area contributed by atoms with Crippen molar-refractivity contribution in [2.45, 2.75) is 44.2 Å². The molecule has 0 bridgehead atoms. The Morgan fingerprint density at radius 2 is 2.09 bits per heavy atom. The average molecular weight is 319 g/mol. The normalized spacial score (nSPS) is 24.0. The highest BCUT2D eigenvalue weighted by atomic mass is 19.1. The Hall–Kier alpha value is -1.46. The molecular formula is C18H26FN3O. The van der Waals surface area contributed by atoms with E-state index < -0.39 is 5.54 Å². The minimum Gasteiger partial charge on any atom is -0.354 e. The SMILES string of the molecule is NC1(C(=O)NC[C@H]2CCN(Cc3ccccc3F)C2)CCCC1. The largest absolute Gasteiger partial charge is 0.354 e. The Labute approximate surface area is 137 Å². The minimum atomic E-state index is -0.647. The van der Waals surface area contributed by atoms with E-state index >= 15 is 0 Å². The fourth-order valence-corrected chi connectivity index (χ4v) is 3.74. The molecule has 2 fully saturated rings. The molecule has 1 aliphatic heterocycles. The summed E-state index contributed by atoms with van der Waals surface area (Å²) in [6.07, 6.45) is 4.71. The number of nitrogens with one attached hydrogen (secondary N) is 1. The summed E-state index contributed by atoms with van der Waals surface area (Å²) in [6.45, 7) is 3.15. The van der Waals surface area contributed by atoms with E-state index in [1.165, 1.54) is 6.07 Å². The molecule has 0 unspecified atom stereocenters. The first kappa shape index (κ1) is 16.4. The third-order valence-corrected chi connectivity index (χ3v) is 5.22. The average Bonchev–Trinajstić information content (AvgIpc) is 3.17. The molecule has 1 aliphatic carbocycles. The second kappa shape index (κ2) is 6.97. The number of benzene rings is 1. The number of likely N-dealkylation sites (tertiary alicyclic amines) is 1. The first-order valence-corrected chi connectivity index (χ1v) is 8.60. The Kier molecular flexibility index (Phi) is 4.97. The smallest absolute Gasteiger partial charge is 0.240 e. The topological polar surface area (TPSA) is 58.4 Å². The standard InChI is InChI=1S/C18H26FN3O/c19-16-6-2-1-5-15(16)13-22-10-7-14(12-22)11-21-17(23)18(20)8-3-4-9-18/h1-2,5-6,14H,3-4,7-13,20H2,(H,21,23)/t14-/m1/s1. The van der Waals surface area contributed by atoms with Crippen LogP contribution in [0.4, 0.5) is 4.39 Å². The van der Waals surface area contributed by atoms with E-state index in [2.05, 4.69) is 10.2 Å². The van der Waals surface area contributed by atoms with Crippen LogP contribution >= 0.6 is 0 Å². The van der Waals surface area contributed by atoms with E-state index in [1.807, 2.05) is 12.1 Å². The van der Waals surface area contributed by atoms with Crippen LogP contribution in [0.1, 0.15) is 37.7 Å². The van der Waals surface area contributed by atoms with Gasteiger partial charge in [-0.05, 0) is 37.8 Å². The highest BCUT2D eigenvalue weighted by Gasteiger charge is 2.37. The van der Waals surface area contributed by atoms with Crippen molar-refractivity contribution >= 4 is 5.91 Å². The molecule has 4 nitrogen and oxygen atoms in total. The summed E-state index contributed by atoms with van der Waals surface area (Å²) in [6, 6.07) is 6.93. The molecule has 2 aliphatic rings. The number of halogens is 1. The molecule has 0 aromatic heterocycles. The van der Waals surface area contributed by atoms with Crippen LogP contribution < -0.4 is 11.1 Å². The lowest BCUT2D eigenvalue weighted by atomic mass is 9.97. The highest BCUT2D eigenvalue weighted by Crippen LogP contribution is 2.27. The highest BCUT2D eigenvalue weighted by molar-refractivity contribution is 5.86. The van der Waals surface area contributed by atoms with Gasteiger partial charge in [0.15, 0.2) is 0 Å². The van der Waals surface area contributed by atoms with E-state index in [9.17, 15) is 9.18 Å². The summed E-state index contributed by atoms with van der Waals surface area (Å²) < 4.78 is 13.7. The van der Waals surface area contributed by atoms with Crippen molar-refractivity contribution in [3.05, 3.63) is 35.6 Å². The predicted octanol–water partition coefficient (Wildman–Crippen LogP) is 2.04. The quantitative estimate of drug-likeness (QED) is 0.873. The zero-order chi connectivity index (χ0) is 16.3. The van der Waals surface area contributed by atoms with Crippen LogP contribution in [0.25, 0.3) is 0 Å². The summed E-state index contributed by atoms with van der Waals surface area (Å²) in [4.78, 5) is 14.5. The molecule has 0 spiro atoms. The Balaban J connectivity index is 1.45. The zero-order valence-corrected chi connectivity index (χ0v) is 13.6. The number of hydrogen-bond donors (Lipinski definition) is 2. The summed E-state index contributed by atoms with van der Waals surface area (Å²) in [5, 5.41) is 3.04. The van der Waals surface area contributed by atoms with Crippen LogP contribution in [0.2, 0.25) is 0 Å². The second-order valence-electron chi connectivity index (χ2n) is 7.05. The first-order valence-electron chi connectivity index (χ1n) is 8.60. The minimum absolute atomic E-state index is 0.00236. The van der Waals surface area contributed by atoms with Gasteiger partial charge in [0.25, 0.3) is 0 Å². The predicted molar refractivity (Wildman–Crippen MR) is 88.2 cm³/mol. The summed E-state index contributed by atoms with van der Waals surface area (Å²) >= 11 is 0. The maximum absolute atomic E-state index is 13.7. The van der Waals surface area contributed by atoms with Gasteiger partial charge < -0.3 is 11.1 Å². The van der Waals surface area contributed by atoms with Gasteiger partial charge in [0, 0.05) is 25.2 Å². The lowest BCUT2D eigenvalue weighted by Gasteiger charge is -2.23. The molecule has 1 aromatic carbocycles. The van der Waals surface area contributed by atoms with Crippen molar-refractivity contribution in [1.29, 1.82) is 0 Å². The fraction of sp³-hybridized carbons (Fsp3) is 0.611. The molecular weight excluding hydrogens is 293 g/mol. The maximum Gasteiger partial charge on any atom is 0.240 e. The van der Waals surface area contributed by atoms with Crippen LogP contribution in [0.15, 0.2) is 24.3 Å². The first-order chi connectivity index (χ1) is 11.1. The van der Waals surface area contributed by atoms with Gasteiger partial charge in [-0.1, -0.05) is 31.0 Å². The van der Waals surface area contributed by atoms with Crippen molar-refractivity contribution in [3.8, 4) is 0 Å². The number of carbonyl (C=O) groups is 1. The van der Waals surface area contributed by atoms with Gasteiger partial charge in [-0.2, -0.15) is 0 Å². The fourth-order valence-electron chi connectivity index (χ4n) is 3.74. The molecule has 1 atom stereocenters. The third-order valence-electron chi connectivity index (χ3n) is 5.22. The number of carbonyl (C=O) groups excluding carboxylic acids is 1. The Bertz CT molecular complexity index is 557. The van der Waals surface area contributed by atoms with E-state index in [0.29, 0.717) is 19.0 Å². The van der Waals surface area contributed by atoms with Gasteiger partial charge in [-0.3, -0.25) is 9.69 Å². The van der Waals surface area contributed by atoms with Gasteiger partial charge in [-0.25, -0.2) is 4.39 Å². The van der Waals surface area contributed by atoms with Crippen molar-refractivity contribution in [2.24, 2.45) is 11.7 Å². The molecule has 1 saturated heterocycles. The molecule has 23 heavy (non-hydrogen) atoms. The number of nitrogens with two attached hydrogens (primary N) is 1. The van der Waals surface area contributed by atoms with Gasteiger partial charge >= 0.3 is 0 Å². The van der Waals surface area contributed by atoms with Crippen LogP contribution in [0.5, 0.6) is 0 Å². The Morgan fingerprint density at radius 3 is 2.83 bits per heavy atom. The summed E-state index contributed by atoms with van der Waals surface area (Å²) in [5.74, 6) is 0.286. The molecule has 3 rings (SSSR count). The molecule has 1 aromatic rings. The van der Waals surface area contributed by atoms with Crippen molar-refractivity contribution in [2.75, 3.05) is 19.6 Å². The number of nitrogens with zero attached hydrogens (tertiary/aromatic N) is 1. The Morgan fingerprint density at radius 1 is 1.35 bits per heavy atom. The number of hydrogen-bond acceptors (Lipinski definition) is 3. The molecule has 3 N–H and O–H groups in total. The second-order valence-corrected chi connectivity index (χ2v) is 7.05. The lowest BCUT2D eigenvalue weighted by molar-refractivity contribution is -0.126.